The van der Waals surface area contributed by atoms with Gasteiger partial charge < -0.3 is 148 Å². The van der Waals surface area contributed by atoms with Gasteiger partial charge in [-0.1, -0.05) is 85.8 Å². The molecule has 0 bridgehead atoms. The zero-order valence-electron chi connectivity index (χ0n) is 75.1. The molecule has 2 saturated heterocycles. The third-order valence-electron chi connectivity index (χ3n) is 21.6. The van der Waals surface area contributed by atoms with E-state index in [0.717, 1.165) is 74.2 Å². The molecule has 135 heavy (non-hydrogen) atoms. The second-order valence-electron chi connectivity index (χ2n) is 33.2. The summed E-state index contributed by atoms with van der Waals surface area (Å²) in [4.78, 5) is 55.1. The van der Waals surface area contributed by atoms with Gasteiger partial charge in [0.1, 0.15) is 16.6 Å². The largest absolute Gasteiger partial charge is 0.494 e. The zero-order chi connectivity index (χ0) is 96.6. The lowest BCUT2D eigenvalue weighted by Gasteiger charge is -2.32. The molecule has 8 aromatic carbocycles. The highest BCUT2D eigenvalue weighted by Crippen LogP contribution is 2.40. The summed E-state index contributed by atoms with van der Waals surface area (Å²) in [5, 5.41) is 141. The molecule has 22 N–H and O–H groups in total. The Labute approximate surface area is 770 Å². The van der Waals surface area contributed by atoms with Gasteiger partial charge in [-0.2, -0.15) is 15.0 Å². The van der Waals surface area contributed by atoms with Crippen LogP contribution in [0.1, 0.15) is 109 Å². The minimum Gasteiger partial charge on any atom is -0.450 e. The minimum absolute atomic E-state index is 0. The first kappa shape index (κ1) is 100. The average molecular weight is 1850 g/mol. The van der Waals surface area contributed by atoms with Gasteiger partial charge in [-0.05, 0) is 210 Å². The standard InChI is InChI=1S/C16H21BN2O3.C14H19BN2O3.C10H10BN2O2.4C9H9BN2O4.C7H7BN2O3.H2O/c1-15(2)16(3,4)22-17(21-15)10-5-8-13-12(9-10)14(19-20-13)18-11-6-7-11;1-13(2)14(3,4)20-15(19-13)9-6-7-11-10(8-9)12(16-5)17-18-11;14-11-6-1-4-9-8(5-6)10(13-15-9)12-7-2-3-7;1-5(13)11-9-12-7-4-6(10(14)15)2-3-8(7)16-9;1-5(13)11-9-7-4-6(10(14)15)2-3-8(7)16-12-9;1-5(13)11-9-12-7-3-2-6(10(14)15)4-8(7)16-9;1-5(13)11-9-7-3-2-6(10(14)15)4-8(7)16-12-9;9-7-10-5-3-4(8(11)12)1-2-6(5)13-7;/h5,8-9,11H,6-7H2,1-4H3,(H,18,19);6-8H,1-5H3,(H,16,17);1,4-5,7,14H,2-3H2,(H,12,13);4*2-4,14-15H,1H3,(H,11,12,13);1-3,11-12H,(H2,9,10);1H2. The van der Waals surface area contributed by atoms with Crippen molar-refractivity contribution < 1.29 is 134 Å². The molecule has 8 aromatic heterocycles. The molecule has 16 aromatic rings. The summed E-state index contributed by atoms with van der Waals surface area (Å²) < 4.78 is 65.5. The number of amides is 4. The van der Waals surface area contributed by atoms with Crippen molar-refractivity contribution in [3.63, 3.8) is 0 Å². The molecule has 4 aliphatic rings. The number of rotatable bonds is 17. The molecule has 10 heterocycles. The van der Waals surface area contributed by atoms with Crippen molar-refractivity contribution in [3.05, 3.63) is 146 Å². The van der Waals surface area contributed by atoms with Crippen LogP contribution >= 0.6 is 0 Å². The highest BCUT2D eigenvalue weighted by atomic mass is 16.7. The number of fused-ring (bicyclic) bond motifs is 8. The number of nitrogens with zero attached hydrogens (tertiary/aromatic N) is 8. The molecular weight excluding hydrogens is 1760 g/mol. The highest BCUT2D eigenvalue weighted by molar-refractivity contribution is 6.63. The van der Waals surface area contributed by atoms with Crippen LogP contribution < -0.4 is 86.7 Å². The number of aromatic nitrogens is 8. The number of hydrogen-bond donors (Lipinski definition) is 19. The average Bonchev–Trinajstić information content (AvgIpc) is 1.61. The predicted molar refractivity (Wildman–Crippen MR) is 508 cm³/mol. The highest BCUT2D eigenvalue weighted by Gasteiger charge is 2.53. The molecule has 52 heteroatoms. The Bertz CT molecular complexity index is 6710. The molecule has 2 saturated carbocycles. The van der Waals surface area contributed by atoms with Gasteiger partial charge in [-0.3, -0.25) is 29.8 Å². The van der Waals surface area contributed by atoms with Crippen molar-refractivity contribution in [1.29, 1.82) is 0 Å². The van der Waals surface area contributed by atoms with Crippen LogP contribution in [0.4, 0.5) is 47.1 Å². The predicted octanol–water partition coefficient (Wildman–Crippen LogP) is 1.64. The van der Waals surface area contributed by atoms with E-state index in [0.29, 0.717) is 100 Å². The van der Waals surface area contributed by atoms with E-state index in [1.807, 2.05) is 77.2 Å². The number of carbonyl (C=O) groups excluding carboxylic acids is 4. The minimum atomic E-state index is -1.57. The molecule has 2 aliphatic carbocycles. The van der Waals surface area contributed by atoms with E-state index < -0.39 is 35.6 Å². The van der Waals surface area contributed by atoms with E-state index >= 15 is 0 Å². The first-order chi connectivity index (χ1) is 63.5. The lowest BCUT2D eigenvalue weighted by Crippen LogP contribution is -2.41. The van der Waals surface area contributed by atoms with Crippen LogP contribution in [0.2, 0.25) is 0 Å². The summed E-state index contributed by atoms with van der Waals surface area (Å²) in [6, 6.07) is 41.5. The van der Waals surface area contributed by atoms with Crippen LogP contribution in [-0.4, -0.2) is 224 Å². The first-order valence-corrected chi connectivity index (χ1v) is 41.7. The van der Waals surface area contributed by atoms with Crippen LogP contribution in [0.3, 0.4) is 0 Å². The molecular formula is C83H95B8N16O28. The van der Waals surface area contributed by atoms with Crippen LogP contribution in [0.5, 0.6) is 0 Å². The number of nitrogen functional groups attached to an aromatic ring is 1. The van der Waals surface area contributed by atoms with Gasteiger partial charge in [0, 0.05) is 46.8 Å². The Morgan fingerprint density at radius 1 is 0.370 bits per heavy atom. The van der Waals surface area contributed by atoms with E-state index in [1.54, 1.807) is 36.4 Å². The SMILES string of the molecule is CC(=O)Nc1nc2cc(B(O)O)ccc2o1.CC(=O)Nc1nc2ccc(B(O)O)cc2o1.CC(=O)Nc1noc2cc(B(O)O)ccc12.CC(=O)Nc1noc2ccc(B(O)O)cc12.CC1(C)OB(c2ccc3onc(NC4CC4)c3c2)OC1(C)C.CNc1noc2ccc(B3OC(C)(C)C(C)(C)O3)cc12.Nc1nc2cc(B(O)O)ccc2o1.O.O[B]c1ccc2onc(NC3CC3)c2c1. The normalized spacial score (nSPS) is 14.5. The number of anilines is 8. The summed E-state index contributed by atoms with van der Waals surface area (Å²) in [5.41, 5.74) is 14.3. The van der Waals surface area contributed by atoms with Gasteiger partial charge in [-0.15, -0.1) is 0 Å². The van der Waals surface area contributed by atoms with Crippen molar-refractivity contribution in [3.8, 4) is 0 Å². The Morgan fingerprint density at radius 2 is 0.704 bits per heavy atom. The maximum Gasteiger partial charge on any atom is 0.494 e. The van der Waals surface area contributed by atoms with E-state index in [1.165, 1.54) is 114 Å². The number of nitrogens with two attached hydrogens (primary N) is 1. The van der Waals surface area contributed by atoms with E-state index in [2.05, 4.69) is 112 Å². The summed E-state index contributed by atoms with van der Waals surface area (Å²) in [6.07, 6.45) is 4.79. The van der Waals surface area contributed by atoms with E-state index in [4.69, 9.17) is 115 Å². The summed E-state index contributed by atoms with van der Waals surface area (Å²) in [6.45, 7) is 21.8. The van der Waals surface area contributed by atoms with E-state index in [-0.39, 0.29) is 89.6 Å². The molecule has 20 rings (SSSR count). The maximum absolute atomic E-state index is 10.9. The molecule has 4 amide bonds. The lowest BCUT2D eigenvalue weighted by atomic mass is 9.78. The van der Waals surface area contributed by atoms with Gasteiger partial charge in [0.15, 0.2) is 73.8 Å². The molecule has 2 aliphatic heterocycles. The number of benzene rings is 8. The maximum atomic E-state index is 10.9. The third kappa shape index (κ3) is 25.1. The zero-order valence-corrected chi connectivity index (χ0v) is 75.1. The fraction of sp³-hybridized carbons (Fsp3) is 0.277. The van der Waals surface area contributed by atoms with Crippen LogP contribution in [0.25, 0.3) is 88.1 Å². The van der Waals surface area contributed by atoms with Crippen molar-refractivity contribution in [2.24, 2.45) is 0 Å². The van der Waals surface area contributed by atoms with Gasteiger partial charge in [0.05, 0.1) is 49.3 Å². The first-order valence-electron chi connectivity index (χ1n) is 41.7. The Kier molecular flexibility index (Phi) is 31.5. The van der Waals surface area contributed by atoms with Gasteiger partial charge >= 0.3 is 69.3 Å². The summed E-state index contributed by atoms with van der Waals surface area (Å²) in [5.74, 6) is 1.81. The van der Waals surface area contributed by atoms with E-state index in [9.17, 15) is 19.2 Å². The van der Waals surface area contributed by atoms with Gasteiger partial charge in [0.25, 0.3) is 6.01 Å². The Morgan fingerprint density at radius 3 is 1.14 bits per heavy atom. The van der Waals surface area contributed by atoms with Crippen LogP contribution in [0.15, 0.2) is 181 Å². The fourth-order valence-electron chi connectivity index (χ4n) is 12.9. The van der Waals surface area contributed by atoms with Crippen molar-refractivity contribution in [2.75, 3.05) is 50.0 Å². The number of hydrogen-bond acceptors (Lipinski definition) is 39. The Hall–Kier alpha value is -13.5. The van der Waals surface area contributed by atoms with Gasteiger partial charge in [-0.25, -0.2) is 0 Å². The monoisotopic (exact) mass is 1850 g/mol. The van der Waals surface area contributed by atoms with Crippen molar-refractivity contribution in [1.82, 2.24) is 40.7 Å². The molecule has 4 fully saturated rings. The molecule has 0 spiro atoms. The second kappa shape index (κ2) is 42.4. The van der Waals surface area contributed by atoms with Crippen molar-refractivity contribution >= 4 is 260 Å². The number of oxazole rings is 3. The van der Waals surface area contributed by atoms with Gasteiger partial charge in [0.2, 0.25) is 23.6 Å². The summed E-state index contributed by atoms with van der Waals surface area (Å²) >= 11 is 0. The quantitative estimate of drug-likeness (QED) is 0.0576. The molecule has 699 valence electrons. The number of carbonyl (C=O) groups is 4. The second-order valence-corrected chi connectivity index (χ2v) is 33.2. The van der Waals surface area contributed by atoms with Crippen LogP contribution in [-0.2, 0) is 37.8 Å². The van der Waals surface area contributed by atoms with Crippen molar-refractivity contribution in [2.45, 2.75) is 143 Å². The fourth-order valence-corrected chi connectivity index (χ4v) is 12.9. The van der Waals surface area contributed by atoms with Crippen LogP contribution in [0, 0.1) is 0 Å². The molecule has 44 nitrogen and oxygen atoms in total. The molecule has 0 unspecified atom stereocenters. The lowest BCUT2D eigenvalue weighted by molar-refractivity contribution is -0.115. The molecule has 0 atom stereocenters. The molecule has 1 radical (unpaired) electrons. The number of nitrogens with one attached hydrogen (secondary N) is 7. The Balaban J connectivity index is 0.000000139. The smallest absolute Gasteiger partial charge is 0.450 e. The third-order valence-corrected chi connectivity index (χ3v) is 21.6. The summed E-state index contributed by atoms with van der Waals surface area (Å²) in [7, 11) is -5.57. The topological polar surface area (TPSA) is 678 Å².